The van der Waals surface area contributed by atoms with E-state index in [4.69, 9.17) is 16.3 Å². The maximum absolute atomic E-state index is 12.6. The molecule has 1 amide bonds. The first-order valence-electron chi connectivity index (χ1n) is 8.95. The Bertz CT molecular complexity index is 976. The van der Waals surface area contributed by atoms with Crippen LogP contribution >= 0.6 is 11.6 Å². The lowest BCUT2D eigenvalue weighted by molar-refractivity contribution is 0.102. The molecule has 28 heavy (non-hydrogen) atoms. The molecule has 3 rings (SSSR count). The van der Waals surface area contributed by atoms with Crippen LogP contribution in [-0.4, -0.2) is 24.5 Å². The van der Waals surface area contributed by atoms with Crippen LogP contribution in [0.3, 0.4) is 0 Å². The van der Waals surface area contributed by atoms with Gasteiger partial charge in [-0.2, -0.15) is 0 Å². The van der Waals surface area contributed by atoms with E-state index in [-0.39, 0.29) is 5.91 Å². The van der Waals surface area contributed by atoms with E-state index in [9.17, 15) is 4.79 Å². The van der Waals surface area contributed by atoms with Crippen LogP contribution in [0.5, 0.6) is 5.75 Å². The van der Waals surface area contributed by atoms with Crippen LogP contribution in [0.15, 0.2) is 60.9 Å². The molecule has 144 valence electrons. The van der Waals surface area contributed by atoms with Crippen LogP contribution in [0.4, 0.5) is 11.4 Å². The van der Waals surface area contributed by atoms with Crippen LogP contribution < -0.4 is 15.4 Å². The predicted molar refractivity (Wildman–Crippen MR) is 114 cm³/mol. The van der Waals surface area contributed by atoms with E-state index in [0.29, 0.717) is 22.8 Å². The van der Waals surface area contributed by atoms with Crippen molar-refractivity contribution in [3.8, 4) is 5.75 Å². The zero-order chi connectivity index (χ0) is 19.9. The zero-order valence-electron chi connectivity index (χ0n) is 15.8. The first kappa shape index (κ1) is 19.7. The highest BCUT2D eigenvalue weighted by molar-refractivity contribution is 6.31. The Morgan fingerprint density at radius 1 is 1.14 bits per heavy atom. The van der Waals surface area contributed by atoms with E-state index in [1.807, 2.05) is 37.3 Å². The Labute approximate surface area is 169 Å². The second-order valence-electron chi connectivity index (χ2n) is 6.36. The van der Waals surface area contributed by atoms with Crippen molar-refractivity contribution in [1.82, 2.24) is 4.98 Å². The molecule has 0 fully saturated rings. The monoisotopic (exact) mass is 395 g/mol. The van der Waals surface area contributed by atoms with Crippen molar-refractivity contribution in [2.45, 2.75) is 13.3 Å². The first-order chi connectivity index (χ1) is 13.6. The third kappa shape index (κ3) is 5.02. The molecule has 6 heteroatoms. The molecule has 0 saturated heterocycles. The van der Waals surface area contributed by atoms with Gasteiger partial charge >= 0.3 is 0 Å². The van der Waals surface area contributed by atoms with Crippen LogP contribution in [0.1, 0.15) is 21.5 Å². The lowest BCUT2D eigenvalue weighted by atomic mass is 10.1. The molecule has 0 bridgehead atoms. The summed E-state index contributed by atoms with van der Waals surface area (Å²) in [5.41, 5.74) is 4.01. The SMILES string of the molecule is COc1ccccc1CCNc1cncc(C(=O)Nc2cc(Cl)ccc2C)c1. The molecule has 2 aromatic carbocycles. The molecule has 2 N–H and O–H groups in total. The van der Waals surface area contributed by atoms with Crippen molar-refractivity contribution >= 4 is 28.9 Å². The quantitative estimate of drug-likeness (QED) is 0.593. The molecule has 1 heterocycles. The molecule has 0 spiro atoms. The van der Waals surface area contributed by atoms with Crippen molar-refractivity contribution in [3.05, 3.63) is 82.6 Å². The van der Waals surface area contributed by atoms with Gasteiger partial charge in [0.2, 0.25) is 0 Å². The molecule has 0 aliphatic heterocycles. The molecule has 0 aliphatic rings. The lowest BCUT2D eigenvalue weighted by Crippen LogP contribution is -2.14. The fourth-order valence-corrected chi connectivity index (χ4v) is 3.01. The zero-order valence-corrected chi connectivity index (χ0v) is 16.6. The molecule has 3 aromatic rings. The Hall–Kier alpha value is -3.05. The van der Waals surface area contributed by atoms with Crippen molar-refractivity contribution in [2.75, 3.05) is 24.3 Å². The molecule has 0 atom stereocenters. The smallest absolute Gasteiger partial charge is 0.257 e. The van der Waals surface area contributed by atoms with E-state index >= 15 is 0 Å². The van der Waals surface area contributed by atoms with Gasteiger partial charge in [0.05, 0.1) is 18.4 Å². The number of rotatable bonds is 7. The number of para-hydroxylation sites is 1. The number of aromatic nitrogens is 1. The molecule has 0 aliphatic carbocycles. The number of nitrogens with one attached hydrogen (secondary N) is 2. The largest absolute Gasteiger partial charge is 0.496 e. The summed E-state index contributed by atoms with van der Waals surface area (Å²) in [5, 5.41) is 6.76. The van der Waals surface area contributed by atoms with Gasteiger partial charge in [0, 0.05) is 29.6 Å². The van der Waals surface area contributed by atoms with Gasteiger partial charge in [0.1, 0.15) is 5.75 Å². The Morgan fingerprint density at radius 2 is 1.96 bits per heavy atom. The number of benzene rings is 2. The average Bonchev–Trinajstić information content (AvgIpc) is 2.71. The van der Waals surface area contributed by atoms with Gasteiger partial charge in [0.15, 0.2) is 0 Å². The van der Waals surface area contributed by atoms with E-state index in [1.165, 1.54) is 0 Å². The summed E-state index contributed by atoms with van der Waals surface area (Å²) >= 11 is 6.02. The first-order valence-corrected chi connectivity index (χ1v) is 9.33. The standard InChI is InChI=1S/C22H22ClN3O2/c1-15-7-8-18(23)12-20(15)26-22(27)17-11-19(14-24-13-17)25-10-9-16-5-3-4-6-21(16)28-2/h3-8,11-14,25H,9-10H2,1-2H3,(H,26,27). The van der Waals surface area contributed by atoms with E-state index < -0.39 is 0 Å². The van der Waals surface area contributed by atoms with Gasteiger partial charge in [-0.3, -0.25) is 9.78 Å². The van der Waals surface area contributed by atoms with Gasteiger partial charge in [-0.05, 0) is 48.7 Å². The molecule has 1 aromatic heterocycles. The summed E-state index contributed by atoms with van der Waals surface area (Å²) < 4.78 is 5.37. The van der Waals surface area contributed by atoms with E-state index in [1.54, 1.807) is 37.7 Å². The molecular formula is C22H22ClN3O2. The van der Waals surface area contributed by atoms with Crippen molar-refractivity contribution in [3.63, 3.8) is 0 Å². The van der Waals surface area contributed by atoms with Gasteiger partial charge in [-0.1, -0.05) is 35.9 Å². The number of aryl methyl sites for hydroxylation is 1. The number of carbonyl (C=O) groups excluding carboxylic acids is 1. The number of methoxy groups -OCH3 is 1. The van der Waals surface area contributed by atoms with Gasteiger partial charge in [0.25, 0.3) is 5.91 Å². The van der Waals surface area contributed by atoms with E-state index in [2.05, 4.69) is 15.6 Å². The maximum Gasteiger partial charge on any atom is 0.257 e. The van der Waals surface area contributed by atoms with Crippen molar-refractivity contribution in [2.24, 2.45) is 0 Å². The molecule has 5 nitrogen and oxygen atoms in total. The highest BCUT2D eigenvalue weighted by Crippen LogP contribution is 2.21. The minimum absolute atomic E-state index is 0.230. The molecule has 0 radical (unpaired) electrons. The average molecular weight is 396 g/mol. The summed E-state index contributed by atoms with van der Waals surface area (Å²) in [6, 6.07) is 15.1. The summed E-state index contributed by atoms with van der Waals surface area (Å²) in [5.74, 6) is 0.638. The number of nitrogens with zero attached hydrogens (tertiary/aromatic N) is 1. The minimum Gasteiger partial charge on any atom is -0.496 e. The summed E-state index contributed by atoms with van der Waals surface area (Å²) in [7, 11) is 1.67. The summed E-state index contributed by atoms with van der Waals surface area (Å²) in [4.78, 5) is 16.7. The van der Waals surface area contributed by atoms with Crippen LogP contribution in [0, 0.1) is 6.92 Å². The van der Waals surface area contributed by atoms with Crippen LogP contribution in [-0.2, 0) is 6.42 Å². The number of ether oxygens (including phenoxy) is 1. The summed E-state index contributed by atoms with van der Waals surface area (Å²) in [6.45, 7) is 2.61. The highest BCUT2D eigenvalue weighted by Gasteiger charge is 2.10. The third-order valence-corrected chi connectivity index (χ3v) is 4.60. The fourth-order valence-electron chi connectivity index (χ4n) is 2.84. The topological polar surface area (TPSA) is 63.2 Å². The fraction of sp³-hybridized carbons (Fsp3) is 0.182. The second kappa shape index (κ2) is 9.24. The van der Waals surface area contributed by atoms with Gasteiger partial charge in [-0.25, -0.2) is 0 Å². The minimum atomic E-state index is -0.230. The highest BCUT2D eigenvalue weighted by atomic mass is 35.5. The predicted octanol–water partition coefficient (Wildman–Crippen LogP) is 4.96. The number of amides is 1. The number of hydrogen-bond acceptors (Lipinski definition) is 4. The number of anilines is 2. The number of pyridine rings is 1. The molecular weight excluding hydrogens is 374 g/mol. The van der Waals surface area contributed by atoms with Crippen LogP contribution in [0.25, 0.3) is 0 Å². The van der Waals surface area contributed by atoms with Crippen LogP contribution in [0.2, 0.25) is 5.02 Å². The van der Waals surface area contributed by atoms with Crippen molar-refractivity contribution in [1.29, 1.82) is 0 Å². The maximum atomic E-state index is 12.6. The van der Waals surface area contributed by atoms with Gasteiger partial charge < -0.3 is 15.4 Å². The number of hydrogen-bond donors (Lipinski definition) is 2. The number of halogens is 1. The normalized spacial score (nSPS) is 10.4. The molecule has 0 unspecified atom stereocenters. The van der Waals surface area contributed by atoms with E-state index in [0.717, 1.165) is 29.0 Å². The number of carbonyl (C=O) groups is 1. The Kier molecular flexibility index (Phi) is 6.50. The van der Waals surface area contributed by atoms with Crippen molar-refractivity contribution < 1.29 is 9.53 Å². The summed E-state index contributed by atoms with van der Waals surface area (Å²) in [6.07, 6.45) is 4.03. The third-order valence-electron chi connectivity index (χ3n) is 4.36. The second-order valence-corrected chi connectivity index (χ2v) is 6.80. The Balaban J connectivity index is 1.63. The van der Waals surface area contributed by atoms with Gasteiger partial charge in [-0.15, -0.1) is 0 Å². The lowest BCUT2D eigenvalue weighted by Gasteiger charge is -2.11. The molecule has 0 saturated carbocycles. The Morgan fingerprint density at radius 3 is 2.79 bits per heavy atom.